The highest BCUT2D eigenvalue weighted by molar-refractivity contribution is 5.66. The first-order valence-electron chi connectivity index (χ1n) is 8.67. The maximum atomic E-state index is 5.23. The lowest BCUT2D eigenvalue weighted by Crippen LogP contribution is -2.05. The summed E-state index contributed by atoms with van der Waals surface area (Å²) in [4.78, 5) is 0. The van der Waals surface area contributed by atoms with Gasteiger partial charge in [-0.3, -0.25) is 0 Å². The van der Waals surface area contributed by atoms with Gasteiger partial charge in [-0.1, -0.05) is 63.7 Å². The van der Waals surface area contributed by atoms with E-state index in [0.29, 0.717) is 0 Å². The molecule has 0 aromatic heterocycles. The second kappa shape index (κ2) is 8.92. The molecule has 2 rings (SSSR count). The van der Waals surface area contributed by atoms with Gasteiger partial charge in [-0.05, 0) is 48.4 Å². The largest absolute Gasteiger partial charge is 0.497 e. The predicted molar refractivity (Wildman–Crippen MR) is 91.7 cm³/mol. The van der Waals surface area contributed by atoms with Gasteiger partial charge in [0.25, 0.3) is 0 Å². The summed E-state index contributed by atoms with van der Waals surface area (Å²) in [6.07, 6.45) is 14.8. The minimum atomic E-state index is 0.925. The van der Waals surface area contributed by atoms with Gasteiger partial charge in [0, 0.05) is 0 Å². The molecule has 0 amide bonds. The van der Waals surface area contributed by atoms with Crippen molar-refractivity contribution >= 4 is 5.57 Å². The van der Waals surface area contributed by atoms with E-state index in [9.17, 15) is 0 Å². The van der Waals surface area contributed by atoms with Crippen LogP contribution in [0.25, 0.3) is 5.57 Å². The molecule has 1 heteroatoms. The summed E-state index contributed by atoms with van der Waals surface area (Å²) in [5, 5.41) is 0. The SMILES string of the molecule is CCCCCCCC1CC=C(c2ccc(OC)cc2)CC1. The maximum absolute atomic E-state index is 5.23. The molecule has 0 radical (unpaired) electrons. The topological polar surface area (TPSA) is 9.23 Å². The van der Waals surface area contributed by atoms with Crippen LogP contribution >= 0.6 is 0 Å². The number of allylic oxidation sites excluding steroid dienone is 2. The zero-order chi connectivity index (χ0) is 14.9. The van der Waals surface area contributed by atoms with E-state index in [1.54, 1.807) is 7.11 Å². The van der Waals surface area contributed by atoms with E-state index < -0.39 is 0 Å². The maximum Gasteiger partial charge on any atom is 0.118 e. The van der Waals surface area contributed by atoms with Gasteiger partial charge in [0.15, 0.2) is 0 Å². The van der Waals surface area contributed by atoms with Crippen molar-refractivity contribution in [1.82, 2.24) is 0 Å². The molecule has 0 N–H and O–H groups in total. The molecule has 116 valence electrons. The van der Waals surface area contributed by atoms with Crippen molar-refractivity contribution < 1.29 is 4.74 Å². The Kier molecular flexibility index (Phi) is 6.85. The molecule has 21 heavy (non-hydrogen) atoms. The summed E-state index contributed by atoms with van der Waals surface area (Å²) in [6.45, 7) is 2.28. The quantitative estimate of drug-likeness (QED) is 0.514. The molecule has 0 saturated heterocycles. The van der Waals surface area contributed by atoms with Crippen LogP contribution in [0.15, 0.2) is 30.3 Å². The number of ether oxygens (including phenoxy) is 1. The van der Waals surface area contributed by atoms with Gasteiger partial charge in [0.05, 0.1) is 7.11 Å². The van der Waals surface area contributed by atoms with Crippen molar-refractivity contribution in [2.45, 2.75) is 64.7 Å². The molecule has 1 aromatic rings. The Balaban J connectivity index is 1.76. The van der Waals surface area contributed by atoms with Crippen molar-refractivity contribution in [3.63, 3.8) is 0 Å². The summed E-state index contributed by atoms with van der Waals surface area (Å²) in [5.74, 6) is 1.87. The van der Waals surface area contributed by atoms with E-state index in [1.807, 2.05) is 0 Å². The average Bonchev–Trinajstić information content (AvgIpc) is 2.55. The normalized spacial score (nSPS) is 18.4. The molecule has 0 bridgehead atoms. The van der Waals surface area contributed by atoms with E-state index in [0.717, 1.165) is 11.7 Å². The van der Waals surface area contributed by atoms with Crippen molar-refractivity contribution in [2.75, 3.05) is 7.11 Å². The van der Waals surface area contributed by atoms with E-state index in [-0.39, 0.29) is 0 Å². The zero-order valence-electron chi connectivity index (χ0n) is 13.7. The third kappa shape index (κ3) is 5.22. The minimum absolute atomic E-state index is 0.925. The molecular formula is C20H30O. The van der Waals surface area contributed by atoms with Crippen molar-refractivity contribution in [1.29, 1.82) is 0 Å². The van der Waals surface area contributed by atoms with Crippen LogP contribution in [-0.2, 0) is 0 Å². The lowest BCUT2D eigenvalue weighted by Gasteiger charge is -2.22. The standard InChI is InChI=1S/C20H30O/c1-3-4-5-6-7-8-17-9-11-18(12-10-17)19-13-15-20(21-2)16-14-19/h11,13-17H,3-10,12H2,1-2H3. The Bertz CT molecular complexity index is 430. The Morgan fingerprint density at radius 2 is 1.81 bits per heavy atom. The summed E-state index contributed by atoms with van der Waals surface area (Å²) in [7, 11) is 1.72. The van der Waals surface area contributed by atoms with E-state index in [1.165, 1.54) is 68.9 Å². The van der Waals surface area contributed by atoms with Crippen LogP contribution in [-0.4, -0.2) is 7.11 Å². The Morgan fingerprint density at radius 3 is 2.43 bits per heavy atom. The van der Waals surface area contributed by atoms with Gasteiger partial charge in [0.2, 0.25) is 0 Å². The lowest BCUT2D eigenvalue weighted by atomic mass is 9.84. The van der Waals surface area contributed by atoms with Gasteiger partial charge in [-0.2, -0.15) is 0 Å². The third-order valence-corrected chi connectivity index (χ3v) is 4.70. The molecule has 0 fully saturated rings. The smallest absolute Gasteiger partial charge is 0.118 e. The molecular weight excluding hydrogens is 256 g/mol. The summed E-state index contributed by atoms with van der Waals surface area (Å²) >= 11 is 0. The molecule has 1 aliphatic carbocycles. The first kappa shape index (κ1) is 16.1. The fourth-order valence-electron chi connectivity index (χ4n) is 3.25. The molecule has 1 aromatic carbocycles. The molecule has 0 spiro atoms. The van der Waals surface area contributed by atoms with Gasteiger partial charge < -0.3 is 4.74 Å². The van der Waals surface area contributed by atoms with Gasteiger partial charge >= 0.3 is 0 Å². The van der Waals surface area contributed by atoms with Crippen LogP contribution in [0.1, 0.15) is 70.3 Å². The Hall–Kier alpha value is -1.24. The number of unbranched alkanes of at least 4 members (excludes halogenated alkanes) is 4. The van der Waals surface area contributed by atoms with Crippen LogP contribution in [0.2, 0.25) is 0 Å². The third-order valence-electron chi connectivity index (χ3n) is 4.70. The fraction of sp³-hybridized carbons (Fsp3) is 0.600. The molecule has 0 saturated carbocycles. The minimum Gasteiger partial charge on any atom is -0.497 e. The number of methoxy groups -OCH3 is 1. The first-order chi connectivity index (χ1) is 10.3. The molecule has 1 nitrogen and oxygen atoms in total. The molecule has 1 aliphatic rings. The van der Waals surface area contributed by atoms with Crippen molar-refractivity contribution in [3.8, 4) is 5.75 Å². The second-order valence-corrected chi connectivity index (χ2v) is 6.30. The lowest BCUT2D eigenvalue weighted by molar-refractivity contribution is 0.414. The number of hydrogen-bond donors (Lipinski definition) is 0. The van der Waals surface area contributed by atoms with Gasteiger partial charge in [0.1, 0.15) is 5.75 Å². The highest BCUT2D eigenvalue weighted by Gasteiger charge is 2.15. The fourth-order valence-corrected chi connectivity index (χ4v) is 3.25. The van der Waals surface area contributed by atoms with E-state index in [4.69, 9.17) is 4.74 Å². The molecule has 1 atom stereocenters. The van der Waals surface area contributed by atoms with Crippen LogP contribution in [0.4, 0.5) is 0 Å². The monoisotopic (exact) mass is 286 g/mol. The van der Waals surface area contributed by atoms with Crippen LogP contribution in [0.3, 0.4) is 0 Å². The first-order valence-corrected chi connectivity index (χ1v) is 8.67. The second-order valence-electron chi connectivity index (χ2n) is 6.30. The van der Waals surface area contributed by atoms with Crippen LogP contribution < -0.4 is 4.74 Å². The molecule has 0 aliphatic heterocycles. The van der Waals surface area contributed by atoms with Gasteiger partial charge in [-0.15, -0.1) is 0 Å². The van der Waals surface area contributed by atoms with E-state index >= 15 is 0 Å². The average molecular weight is 286 g/mol. The summed E-state index contributed by atoms with van der Waals surface area (Å²) < 4.78 is 5.23. The number of rotatable bonds is 8. The molecule has 0 heterocycles. The summed E-state index contributed by atoms with van der Waals surface area (Å²) in [6, 6.07) is 8.51. The highest BCUT2D eigenvalue weighted by atomic mass is 16.5. The molecule has 1 unspecified atom stereocenters. The number of benzene rings is 1. The van der Waals surface area contributed by atoms with Crippen LogP contribution in [0, 0.1) is 5.92 Å². The zero-order valence-corrected chi connectivity index (χ0v) is 13.7. The number of hydrogen-bond acceptors (Lipinski definition) is 1. The Morgan fingerprint density at radius 1 is 1.05 bits per heavy atom. The highest BCUT2D eigenvalue weighted by Crippen LogP contribution is 2.33. The van der Waals surface area contributed by atoms with Crippen molar-refractivity contribution in [3.05, 3.63) is 35.9 Å². The predicted octanol–water partition coefficient (Wildman–Crippen LogP) is 6.24. The van der Waals surface area contributed by atoms with Crippen LogP contribution in [0.5, 0.6) is 5.75 Å². The summed E-state index contributed by atoms with van der Waals surface area (Å²) in [5.41, 5.74) is 2.90. The van der Waals surface area contributed by atoms with E-state index in [2.05, 4.69) is 37.3 Å². The Labute approximate surface area is 130 Å². The van der Waals surface area contributed by atoms with Crippen molar-refractivity contribution in [2.24, 2.45) is 5.92 Å². The van der Waals surface area contributed by atoms with Gasteiger partial charge in [-0.25, -0.2) is 0 Å².